The lowest BCUT2D eigenvalue weighted by atomic mass is 10.1. The van der Waals surface area contributed by atoms with Crippen LogP contribution in [0.25, 0.3) is 0 Å². The second-order valence-corrected chi connectivity index (χ2v) is 4.40. The number of hydrogen-bond donors (Lipinski definition) is 0. The van der Waals surface area contributed by atoms with E-state index in [1.807, 2.05) is 13.3 Å². The summed E-state index contributed by atoms with van der Waals surface area (Å²) >= 11 is 1.48. The number of thioether (sulfide) groups is 1. The smallest absolute Gasteiger partial charge is 0.188 e. The van der Waals surface area contributed by atoms with Gasteiger partial charge in [0.1, 0.15) is 5.69 Å². The van der Waals surface area contributed by atoms with Crippen LogP contribution >= 0.6 is 11.8 Å². The minimum atomic E-state index is 0.552. The van der Waals surface area contributed by atoms with Crippen molar-refractivity contribution in [1.29, 1.82) is 0 Å². The number of aromatic nitrogens is 2. The van der Waals surface area contributed by atoms with Crippen molar-refractivity contribution >= 4 is 18.0 Å². The van der Waals surface area contributed by atoms with E-state index in [0.717, 1.165) is 37.1 Å². The van der Waals surface area contributed by atoms with Crippen LogP contribution in [0.3, 0.4) is 0 Å². The number of aldehydes is 1. The molecule has 2 rings (SSSR count). The molecule has 0 radical (unpaired) electrons. The molecule has 80 valence electrons. The molecule has 0 bridgehead atoms. The molecule has 0 amide bonds. The van der Waals surface area contributed by atoms with E-state index in [1.165, 1.54) is 11.8 Å². The van der Waals surface area contributed by atoms with Crippen LogP contribution in [0.5, 0.6) is 0 Å². The van der Waals surface area contributed by atoms with Gasteiger partial charge in [0.25, 0.3) is 0 Å². The van der Waals surface area contributed by atoms with Gasteiger partial charge in [-0.1, -0.05) is 11.8 Å². The summed E-state index contributed by atoms with van der Waals surface area (Å²) in [5, 5.41) is 0.695. The molecule has 0 spiro atoms. The molecule has 0 atom stereocenters. The van der Waals surface area contributed by atoms with Crippen molar-refractivity contribution in [2.45, 2.75) is 18.1 Å². The Morgan fingerprint density at radius 3 is 2.93 bits per heavy atom. The molecule has 0 aromatic carbocycles. The number of likely N-dealkylation sites (N-methyl/N-ethyl adjacent to an activating group) is 1. The summed E-state index contributed by atoms with van der Waals surface area (Å²) in [6, 6.07) is 0. The number of fused-ring (bicyclic) bond motifs is 1. The summed E-state index contributed by atoms with van der Waals surface area (Å²) in [4.78, 5) is 21.8. The molecule has 0 aliphatic carbocycles. The third kappa shape index (κ3) is 2.03. The molecule has 5 heteroatoms. The van der Waals surface area contributed by atoms with Gasteiger partial charge in [-0.15, -0.1) is 0 Å². The molecule has 1 aliphatic rings. The number of hydrogen-bond acceptors (Lipinski definition) is 5. The highest BCUT2D eigenvalue weighted by atomic mass is 32.2. The molecular formula is C10H13N3OS. The van der Waals surface area contributed by atoms with Crippen LogP contribution in [0.2, 0.25) is 0 Å². The lowest BCUT2D eigenvalue weighted by molar-refractivity contribution is 0.111. The van der Waals surface area contributed by atoms with Crippen molar-refractivity contribution in [1.82, 2.24) is 14.9 Å². The van der Waals surface area contributed by atoms with Gasteiger partial charge in [0.2, 0.25) is 0 Å². The van der Waals surface area contributed by atoms with E-state index in [-0.39, 0.29) is 0 Å². The average molecular weight is 223 g/mol. The third-order valence-corrected chi connectivity index (χ3v) is 3.10. The molecule has 0 fully saturated rings. The molecular weight excluding hydrogens is 210 g/mol. The van der Waals surface area contributed by atoms with Crippen LogP contribution in [0.1, 0.15) is 21.7 Å². The van der Waals surface area contributed by atoms with E-state index < -0.39 is 0 Å². The summed E-state index contributed by atoms with van der Waals surface area (Å²) in [6.07, 6.45) is 3.66. The van der Waals surface area contributed by atoms with Crippen LogP contribution < -0.4 is 0 Å². The predicted octanol–water partition coefficient (Wildman–Crippen LogP) is 0.999. The van der Waals surface area contributed by atoms with Crippen LogP contribution in [0.15, 0.2) is 5.16 Å². The first-order valence-electron chi connectivity index (χ1n) is 4.82. The second-order valence-electron chi connectivity index (χ2n) is 3.63. The van der Waals surface area contributed by atoms with Gasteiger partial charge in [-0.3, -0.25) is 4.79 Å². The lowest BCUT2D eigenvalue weighted by Crippen LogP contribution is -2.29. The zero-order valence-electron chi connectivity index (χ0n) is 8.86. The van der Waals surface area contributed by atoms with Crippen LogP contribution in [-0.4, -0.2) is 41.0 Å². The van der Waals surface area contributed by atoms with E-state index >= 15 is 0 Å². The number of carbonyl (C=O) groups is 1. The fourth-order valence-corrected chi connectivity index (χ4v) is 2.13. The molecule has 1 aromatic heterocycles. The molecule has 0 saturated carbocycles. The SMILES string of the molecule is CSc1nc(C=O)c2c(n1)CCN(C)C2. The molecule has 4 nitrogen and oxygen atoms in total. The maximum atomic E-state index is 10.9. The van der Waals surface area contributed by atoms with E-state index in [2.05, 4.69) is 14.9 Å². The topological polar surface area (TPSA) is 46.1 Å². The second kappa shape index (κ2) is 4.28. The molecule has 1 aliphatic heterocycles. The first kappa shape index (κ1) is 10.6. The first-order chi connectivity index (χ1) is 7.24. The minimum absolute atomic E-state index is 0.552. The quantitative estimate of drug-likeness (QED) is 0.425. The van der Waals surface area contributed by atoms with Crippen molar-refractivity contribution in [3.8, 4) is 0 Å². The van der Waals surface area contributed by atoms with Crippen LogP contribution in [-0.2, 0) is 13.0 Å². The van der Waals surface area contributed by atoms with Gasteiger partial charge in [-0.05, 0) is 13.3 Å². The Bertz CT molecular complexity index is 394. The number of carbonyl (C=O) groups excluding carboxylic acids is 1. The van der Waals surface area contributed by atoms with Gasteiger partial charge in [-0.25, -0.2) is 9.97 Å². The van der Waals surface area contributed by atoms with Crippen molar-refractivity contribution in [3.63, 3.8) is 0 Å². The van der Waals surface area contributed by atoms with Crippen molar-refractivity contribution in [2.24, 2.45) is 0 Å². The van der Waals surface area contributed by atoms with Crippen LogP contribution in [0, 0.1) is 0 Å². The van der Waals surface area contributed by atoms with Crippen molar-refractivity contribution in [2.75, 3.05) is 19.8 Å². The Morgan fingerprint density at radius 2 is 2.27 bits per heavy atom. The summed E-state index contributed by atoms with van der Waals surface area (Å²) in [6.45, 7) is 1.77. The highest BCUT2D eigenvalue weighted by Crippen LogP contribution is 2.21. The Morgan fingerprint density at radius 1 is 1.47 bits per heavy atom. The highest BCUT2D eigenvalue weighted by molar-refractivity contribution is 7.98. The van der Waals surface area contributed by atoms with Gasteiger partial charge in [-0.2, -0.15) is 0 Å². The average Bonchev–Trinajstić information content (AvgIpc) is 2.27. The van der Waals surface area contributed by atoms with Gasteiger partial charge >= 0.3 is 0 Å². The summed E-state index contributed by atoms with van der Waals surface area (Å²) in [7, 11) is 2.04. The fraction of sp³-hybridized carbons (Fsp3) is 0.500. The van der Waals surface area contributed by atoms with E-state index in [0.29, 0.717) is 10.9 Å². The highest BCUT2D eigenvalue weighted by Gasteiger charge is 2.19. The molecule has 0 N–H and O–H groups in total. The number of nitrogens with zero attached hydrogens (tertiary/aromatic N) is 3. The Kier molecular flexibility index (Phi) is 3.02. The minimum Gasteiger partial charge on any atom is -0.302 e. The maximum absolute atomic E-state index is 10.9. The van der Waals surface area contributed by atoms with Gasteiger partial charge < -0.3 is 4.90 Å². The third-order valence-electron chi connectivity index (χ3n) is 2.56. The fourth-order valence-electron chi connectivity index (χ4n) is 1.74. The predicted molar refractivity (Wildman–Crippen MR) is 59.2 cm³/mol. The van der Waals surface area contributed by atoms with Gasteiger partial charge in [0, 0.05) is 25.1 Å². The molecule has 0 saturated heterocycles. The van der Waals surface area contributed by atoms with E-state index in [9.17, 15) is 4.79 Å². The van der Waals surface area contributed by atoms with Gasteiger partial charge in [0.05, 0.1) is 5.69 Å². The standard InChI is InChI=1S/C10H13N3OS/c1-13-4-3-8-7(5-13)9(6-14)12-10(11-8)15-2/h6H,3-5H2,1-2H3. The Labute approximate surface area is 93.1 Å². The lowest BCUT2D eigenvalue weighted by Gasteiger charge is -2.24. The molecule has 2 heterocycles. The summed E-state index contributed by atoms with van der Waals surface area (Å²) in [5.74, 6) is 0. The van der Waals surface area contributed by atoms with Crippen LogP contribution in [0.4, 0.5) is 0 Å². The normalized spacial score (nSPS) is 16.1. The molecule has 15 heavy (non-hydrogen) atoms. The summed E-state index contributed by atoms with van der Waals surface area (Å²) in [5.41, 5.74) is 2.59. The Hall–Kier alpha value is -0.940. The van der Waals surface area contributed by atoms with Crippen molar-refractivity contribution in [3.05, 3.63) is 17.0 Å². The zero-order valence-corrected chi connectivity index (χ0v) is 9.67. The van der Waals surface area contributed by atoms with E-state index in [4.69, 9.17) is 0 Å². The first-order valence-corrected chi connectivity index (χ1v) is 6.04. The monoisotopic (exact) mass is 223 g/mol. The molecule has 1 aromatic rings. The van der Waals surface area contributed by atoms with Gasteiger partial charge in [0.15, 0.2) is 11.4 Å². The zero-order chi connectivity index (χ0) is 10.8. The number of rotatable bonds is 2. The van der Waals surface area contributed by atoms with E-state index in [1.54, 1.807) is 0 Å². The largest absolute Gasteiger partial charge is 0.302 e. The summed E-state index contributed by atoms with van der Waals surface area (Å²) < 4.78 is 0. The maximum Gasteiger partial charge on any atom is 0.188 e. The van der Waals surface area contributed by atoms with Crippen molar-refractivity contribution < 1.29 is 4.79 Å². The Balaban J connectivity index is 2.49. The molecule has 0 unspecified atom stereocenters.